The minimum atomic E-state index is -0.190. The second kappa shape index (κ2) is 6.64. The first kappa shape index (κ1) is 14.7. The standard InChI is InChI=1S/C15H14Br2FN/c16-13-4-1-10(2-5-13)12(9-19)7-11-3-6-14(17)8-15(11)18/h1-6,8,12H,7,9,19H2. The van der Waals surface area contributed by atoms with Crippen LogP contribution in [0, 0.1) is 5.82 Å². The third kappa shape index (κ3) is 3.88. The summed E-state index contributed by atoms with van der Waals surface area (Å²) >= 11 is 6.67. The molecule has 0 saturated carbocycles. The lowest BCUT2D eigenvalue weighted by Crippen LogP contribution is -2.15. The Hall–Kier alpha value is -0.710. The average Bonchev–Trinajstić information content (AvgIpc) is 2.39. The largest absolute Gasteiger partial charge is 0.330 e. The fourth-order valence-electron chi connectivity index (χ4n) is 2.02. The van der Waals surface area contributed by atoms with Gasteiger partial charge in [-0.05, 0) is 48.4 Å². The van der Waals surface area contributed by atoms with E-state index in [0.29, 0.717) is 18.5 Å². The highest BCUT2D eigenvalue weighted by Crippen LogP contribution is 2.24. The van der Waals surface area contributed by atoms with Crippen LogP contribution in [0.1, 0.15) is 17.0 Å². The monoisotopic (exact) mass is 385 g/mol. The molecular weight excluding hydrogens is 373 g/mol. The maximum absolute atomic E-state index is 13.8. The Kier molecular flexibility index (Phi) is 5.13. The fourth-order valence-corrected chi connectivity index (χ4v) is 2.62. The zero-order valence-corrected chi connectivity index (χ0v) is 13.4. The SMILES string of the molecule is NCC(Cc1ccc(Br)cc1F)c1ccc(Br)cc1. The van der Waals surface area contributed by atoms with Gasteiger partial charge in [0, 0.05) is 14.9 Å². The van der Waals surface area contributed by atoms with E-state index in [4.69, 9.17) is 5.73 Å². The van der Waals surface area contributed by atoms with Crippen LogP contribution in [0.4, 0.5) is 4.39 Å². The smallest absolute Gasteiger partial charge is 0.127 e. The van der Waals surface area contributed by atoms with E-state index in [2.05, 4.69) is 31.9 Å². The summed E-state index contributed by atoms with van der Waals surface area (Å²) in [5.41, 5.74) is 7.66. The second-order valence-electron chi connectivity index (χ2n) is 4.42. The van der Waals surface area contributed by atoms with Crippen molar-refractivity contribution < 1.29 is 4.39 Å². The fraction of sp³-hybridized carbons (Fsp3) is 0.200. The molecular formula is C15H14Br2FN. The molecule has 2 rings (SSSR count). The van der Waals surface area contributed by atoms with Gasteiger partial charge in [-0.15, -0.1) is 0 Å². The van der Waals surface area contributed by atoms with Gasteiger partial charge in [0.25, 0.3) is 0 Å². The van der Waals surface area contributed by atoms with Crippen LogP contribution in [-0.2, 0) is 6.42 Å². The Morgan fingerprint density at radius 2 is 1.63 bits per heavy atom. The van der Waals surface area contributed by atoms with Crippen molar-refractivity contribution in [1.29, 1.82) is 0 Å². The van der Waals surface area contributed by atoms with Gasteiger partial charge in [-0.2, -0.15) is 0 Å². The molecule has 1 unspecified atom stereocenters. The van der Waals surface area contributed by atoms with Crippen LogP contribution >= 0.6 is 31.9 Å². The zero-order valence-electron chi connectivity index (χ0n) is 10.2. The molecule has 0 bridgehead atoms. The van der Waals surface area contributed by atoms with Crippen LogP contribution < -0.4 is 5.73 Å². The molecule has 0 amide bonds. The number of halogens is 3. The maximum atomic E-state index is 13.8. The normalized spacial score (nSPS) is 12.4. The van der Waals surface area contributed by atoms with Crippen molar-refractivity contribution in [2.75, 3.05) is 6.54 Å². The molecule has 1 atom stereocenters. The van der Waals surface area contributed by atoms with Gasteiger partial charge in [0.1, 0.15) is 5.82 Å². The molecule has 0 radical (unpaired) electrons. The molecule has 0 heterocycles. The highest BCUT2D eigenvalue weighted by Gasteiger charge is 2.13. The van der Waals surface area contributed by atoms with Gasteiger partial charge in [-0.25, -0.2) is 4.39 Å². The van der Waals surface area contributed by atoms with Gasteiger partial charge in [0.2, 0.25) is 0 Å². The summed E-state index contributed by atoms with van der Waals surface area (Å²) in [6.45, 7) is 0.497. The minimum Gasteiger partial charge on any atom is -0.330 e. The van der Waals surface area contributed by atoms with Crippen LogP contribution in [0.15, 0.2) is 51.4 Å². The third-order valence-electron chi connectivity index (χ3n) is 3.11. The first-order chi connectivity index (χ1) is 9.10. The summed E-state index contributed by atoms with van der Waals surface area (Å²) < 4.78 is 15.6. The van der Waals surface area contributed by atoms with E-state index in [1.165, 1.54) is 6.07 Å². The Labute approximate surface area is 129 Å². The lowest BCUT2D eigenvalue weighted by Gasteiger charge is -2.16. The predicted molar refractivity (Wildman–Crippen MR) is 83.7 cm³/mol. The lowest BCUT2D eigenvalue weighted by molar-refractivity contribution is 0.589. The van der Waals surface area contributed by atoms with Crippen LogP contribution in [-0.4, -0.2) is 6.54 Å². The van der Waals surface area contributed by atoms with Crippen molar-refractivity contribution in [1.82, 2.24) is 0 Å². The molecule has 2 aromatic rings. The van der Waals surface area contributed by atoms with Crippen LogP contribution in [0.3, 0.4) is 0 Å². The molecule has 0 fully saturated rings. The molecule has 1 nitrogen and oxygen atoms in total. The highest BCUT2D eigenvalue weighted by atomic mass is 79.9. The zero-order chi connectivity index (χ0) is 13.8. The van der Waals surface area contributed by atoms with E-state index in [9.17, 15) is 4.39 Å². The topological polar surface area (TPSA) is 26.0 Å². The number of hydrogen-bond acceptors (Lipinski definition) is 1. The molecule has 2 N–H and O–H groups in total. The van der Waals surface area contributed by atoms with Crippen LogP contribution in [0.2, 0.25) is 0 Å². The van der Waals surface area contributed by atoms with Crippen LogP contribution in [0.25, 0.3) is 0 Å². The number of nitrogens with two attached hydrogens (primary N) is 1. The van der Waals surface area contributed by atoms with E-state index in [1.807, 2.05) is 30.3 Å². The maximum Gasteiger partial charge on any atom is 0.127 e. The molecule has 100 valence electrons. The van der Waals surface area contributed by atoms with Crippen molar-refractivity contribution >= 4 is 31.9 Å². The Morgan fingerprint density at radius 1 is 1.00 bits per heavy atom. The van der Waals surface area contributed by atoms with E-state index in [-0.39, 0.29) is 11.7 Å². The van der Waals surface area contributed by atoms with E-state index in [0.717, 1.165) is 14.5 Å². The number of hydrogen-bond donors (Lipinski definition) is 1. The van der Waals surface area contributed by atoms with Gasteiger partial charge < -0.3 is 5.73 Å². The minimum absolute atomic E-state index is 0.128. The average molecular weight is 387 g/mol. The molecule has 0 spiro atoms. The van der Waals surface area contributed by atoms with E-state index >= 15 is 0 Å². The van der Waals surface area contributed by atoms with E-state index < -0.39 is 0 Å². The Bertz CT molecular complexity index is 555. The Balaban J connectivity index is 2.21. The predicted octanol–water partition coefficient (Wildman–Crippen LogP) is 4.64. The molecule has 0 aliphatic carbocycles. The van der Waals surface area contributed by atoms with Crippen molar-refractivity contribution in [3.05, 3.63) is 68.4 Å². The highest BCUT2D eigenvalue weighted by molar-refractivity contribution is 9.10. The van der Waals surface area contributed by atoms with Crippen LogP contribution in [0.5, 0.6) is 0 Å². The van der Waals surface area contributed by atoms with Gasteiger partial charge in [0.15, 0.2) is 0 Å². The molecule has 19 heavy (non-hydrogen) atoms. The van der Waals surface area contributed by atoms with Gasteiger partial charge in [0.05, 0.1) is 0 Å². The van der Waals surface area contributed by atoms with Crippen molar-refractivity contribution in [3.63, 3.8) is 0 Å². The first-order valence-electron chi connectivity index (χ1n) is 5.99. The summed E-state index contributed by atoms with van der Waals surface area (Å²) in [6, 6.07) is 13.2. The number of rotatable bonds is 4. The first-order valence-corrected chi connectivity index (χ1v) is 7.58. The molecule has 2 aromatic carbocycles. The van der Waals surface area contributed by atoms with Gasteiger partial charge in [-0.1, -0.05) is 50.1 Å². The molecule has 0 saturated heterocycles. The second-order valence-corrected chi connectivity index (χ2v) is 6.26. The summed E-state index contributed by atoms with van der Waals surface area (Å²) in [5.74, 6) is -0.0614. The van der Waals surface area contributed by atoms with Crippen molar-refractivity contribution in [2.24, 2.45) is 5.73 Å². The van der Waals surface area contributed by atoms with Gasteiger partial charge >= 0.3 is 0 Å². The molecule has 0 aromatic heterocycles. The molecule has 0 aliphatic heterocycles. The van der Waals surface area contributed by atoms with E-state index in [1.54, 1.807) is 6.07 Å². The summed E-state index contributed by atoms with van der Waals surface area (Å²) in [5, 5.41) is 0. The molecule has 4 heteroatoms. The molecule has 0 aliphatic rings. The third-order valence-corrected chi connectivity index (χ3v) is 4.13. The Morgan fingerprint density at radius 3 is 2.21 bits per heavy atom. The quantitative estimate of drug-likeness (QED) is 0.813. The summed E-state index contributed by atoms with van der Waals surface area (Å²) in [4.78, 5) is 0. The van der Waals surface area contributed by atoms with Crippen molar-refractivity contribution in [2.45, 2.75) is 12.3 Å². The van der Waals surface area contributed by atoms with Gasteiger partial charge in [-0.3, -0.25) is 0 Å². The number of benzene rings is 2. The van der Waals surface area contributed by atoms with Crippen molar-refractivity contribution in [3.8, 4) is 0 Å². The summed E-state index contributed by atoms with van der Waals surface area (Å²) in [6.07, 6.45) is 0.608. The summed E-state index contributed by atoms with van der Waals surface area (Å²) in [7, 11) is 0. The lowest BCUT2D eigenvalue weighted by atomic mass is 9.92.